The Bertz CT molecular complexity index is 4170. The minimum Gasteiger partial charge on any atom is -0.310 e. The lowest BCUT2D eigenvalue weighted by molar-refractivity contribution is 0.722. The molecule has 0 bridgehead atoms. The van der Waals surface area contributed by atoms with Gasteiger partial charge in [0.15, 0.2) is 0 Å². The number of hydrogen-bond donors (Lipinski definition) is 0. The second-order valence-corrected chi connectivity index (χ2v) is 22.6. The monoisotopic (exact) mass is 967 g/mol. The zero-order chi connectivity index (χ0) is 47.1. The number of benzene rings is 11. The zero-order valence-electron chi connectivity index (χ0n) is 38.8. The zero-order valence-corrected chi connectivity index (χ0v) is 41.3. The van der Waals surface area contributed by atoms with Gasteiger partial charge in [0.2, 0.25) is 0 Å². The summed E-state index contributed by atoms with van der Waals surface area (Å²) in [7, 11) is 0. The molecular formula is C68H41NS3. The molecule has 0 saturated carbocycles. The first-order valence-electron chi connectivity index (χ1n) is 24.7. The fourth-order valence-electron chi connectivity index (χ4n) is 13.3. The summed E-state index contributed by atoms with van der Waals surface area (Å²) in [5, 5.41) is 2.64. The molecule has 0 amide bonds. The maximum Gasteiger partial charge on any atom is 0.0736 e. The van der Waals surface area contributed by atoms with Crippen LogP contribution in [0.5, 0.6) is 0 Å². The molecule has 2 aliphatic carbocycles. The first kappa shape index (κ1) is 40.8. The van der Waals surface area contributed by atoms with Crippen molar-refractivity contribution < 1.29 is 0 Å². The van der Waals surface area contributed by atoms with Crippen molar-refractivity contribution in [2.45, 2.75) is 30.4 Å². The van der Waals surface area contributed by atoms with E-state index in [-0.39, 0.29) is 0 Å². The number of nitrogens with zero attached hydrogens (tertiary/aromatic N) is 1. The summed E-state index contributed by atoms with van der Waals surface area (Å²) < 4.78 is 2.63. The third-order valence-corrected chi connectivity index (χ3v) is 19.5. The van der Waals surface area contributed by atoms with E-state index in [4.69, 9.17) is 0 Å². The van der Waals surface area contributed by atoms with E-state index in [9.17, 15) is 0 Å². The fourth-order valence-corrected chi connectivity index (χ4v) is 16.8. The topological polar surface area (TPSA) is 3.24 Å². The Hall–Kier alpha value is -7.86. The van der Waals surface area contributed by atoms with Gasteiger partial charge in [-0.25, -0.2) is 0 Å². The van der Waals surface area contributed by atoms with E-state index < -0.39 is 10.8 Å². The van der Waals surface area contributed by atoms with Crippen LogP contribution in [0.15, 0.2) is 268 Å². The number of rotatable bonds is 4. The van der Waals surface area contributed by atoms with Crippen molar-refractivity contribution in [3.63, 3.8) is 0 Å². The van der Waals surface area contributed by atoms with Crippen molar-refractivity contribution in [1.82, 2.24) is 0 Å². The van der Waals surface area contributed by atoms with Gasteiger partial charge in [-0.1, -0.05) is 206 Å². The Kier molecular flexibility index (Phi) is 8.69. The van der Waals surface area contributed by atoms with Crippen molar-refractivity contribution >= 4 is 72.1 Å². The lowest BCUT2D eigenvalue weighted by Gasteiger charge is -2.40. The summed E-state index contributed by atoms with van der Waals surface area (Å²) in [4.78, 5) is 7.79. The molecule has 336 valence electrons. The van der Waals surface area contributed by atoms with Gasteiger partial charge in [-0.15, -0.1) is 11.3 Å². The summed E-state index contributed by atoms with van der Waals surface area (Å²) in [6.07, 6.45) is 0. The van der Waals surface area contributed by atoms with Gasteiger partial charge in [0.05, 0.1) is 16.5 Å². The average Bonchev–Trinajstić information content (AvgIpc) is 4.07. The smallest absolute Gasteiger partial charge is 0.0736 e. The second kappa shape index (κ2) is 15.3. The van der Waals surface area contributed by atoms with E-state index in [1.807, 2.05) is 34.9 Å². The summed E-state index contributed by atoms with van der Waals surface area (Å²) >= 11 is 5.66. The molecule has 1 nitrogen and oxygen atoms in total. The average molecular weight is 968 g/mol. The molecular weight excluding hydrogens is 927 g/mol. The molecule has 4 aliphatic rings. The molecule has 4 heteroatoms. The minimum absolute atomic E-state index is 0.505. The largest absolute Gasteiger partial charge is 0.310 e. The molecule has 0 radical (unpaired) electrons. The molecule has 0 atom stereocenters. The van der Waals surface area contributed by atoms with E-state index in [0.717, 1.165) is 17.1 Å². The van der Waals surface area contributed by atoms with E-state index in [1.165, 1.54) is 118 Å². The number of thiophene rings is 1. The normalized spacial score (nSPS) is 14.5. The Balaban J connectivity index is 0.978. The standard InChI is InChI=1S/C68H41NS3/c1-4-21-50-46(17-1)47-40-39-44(41-57(47)68(50)54-25-8-13-32-62(54)72-63-33-14-9-26-55(63)68)69(43-37-35-42(36-38-43)45-20-15-34-64-65(45)49-19-3-10-29-59(49)70-64)58-28-16-27-56-66(58)48-18-2-5-22-51(48)67(56)52-23-6-11-30-60(52)71-61-31-12-7-24-53(61)67/h1-41H. The Morgan fingerprint density at radius 3 is 1.42 bits per heavy atom. The molecule has 16 rings (SSSR count). The summed E-state index contributed by atoms with van der Waals surface area (Å²) in [5.41, 5.74) is 20.6. The van der Waals surface area contributed by atoms with Crippen LogP contribution in [0.3, 0.4) is 0 Å². The maximum atomic E-state index is 2.57. The number of hydrogen-bond acceptors (Lipinski definition) is 4. The second-order valence-electron chi connectivity index (χ2n) is 19.4. The first-order valence-corrected chi connectivity index (χ1v) is 27.2. The van der Waals surface area contributed by atoms with Crippen molar-refractivity contribution in [1.29, 1.82) is 0 Å². The van der Waals surface area contributed by atoms with E-state index in [0.29, 0.717) is 0 Å². The van der Waals surface area contributed by atoms with Gasteiger partial charge in [0.1, 0.15) is 0 Å². The predicted molar refractivity (Wildman–Crippen MR) is 302 cm³/mol. The van der Waals surface area contributed by atoms with Crippen LogP contribution in [0.25, 0.3) is 53.6 Å². The van der Waals surface area contributed by atoms with Crippen molar-refractivity contribution in [2.75, 3.05) is 4.90 Å². The Morgan fingerprint density at radius 1 is 0.306 bits per heavy atom. The molecule has 2 spiro atoms. The van der Waals surface area contributed by atoms with E-state index in [1.54, 1.807) is 0 Å². The highest BCUT2D eigenvalue weighted by Gasteiger charge is 2.52. The molecule has 2 aliphatic heterocycles. The van der Waals surface area contributed by atoms with Gasteiger partial charge in [-0.05, 0) is 139 Å². The highest BCUT2D eigenvalue weighted by atomic mass is 32.2. The van der Waals surface area contributed by atoms with Gasteiger partial charge in [-0.3, -0.25) is 0 Å². The summed E-state index contributed by atoms with van der Waals surface area (Å²) in [6, 6.07) is 94.3. The molecule has 3 heterocycles. The third kappa shape index (κ3) is 5.36. The van der Waals surface area contributed by atoms with Crippen molar-refractivity contribution in [3.8, 4) is 33.4 Å². The maximum absolute atomic E-state index is 2.57. The molecule has 0 saturated heterocycles. The molecule has 1 aromatic heterocycles. The van der Waals surface area contributed by atoms with Gasteiger partial charge < -0.3 is 4.90 Å². The lowest BCUT2D eigenvalue weighted by Crippen LogP contribution is -2.32. The SMILES string of the molecule is c1ccc2c(c1)Sc1ccccc1C21c2ccccc2-c2ccc(N(c3ccc(-c4cccc5sc6ccccc6c45)cc3)c3cccc4c3-c3ccccc3C43c4ccccc4Sc4ccccc43)cc21. The van der Waals surface area contributed by atoms with Crippen LogP contribution in [-0.4, -0.2) is 0 Å². The summed E-state index contributed by atoms with van der Waals surface area (Å²) in [5.74, 6) is 0. The van der Waals surface area contributed by atoms with Crippen LogP contribution in [0.1, 0.15) is 44.5 Å². The highest BCUT2D eigenvalue weighted by Crippen LogP contribution is 2.66. The highest BCUT2D eigenvalue weighted by molar-refractivity contribution is 7.99. The van der Waals surface area contributed by atoms with Gasteiger partial charge in [-0.2, -0.15) is 0 Å². The predicted octanol–water partition coefficient (Wildman–Crippen LogP) is 18.8. The van der Waals surface area contributed by atoms with Crippen LogP contribution < -0.4 is 4.90 Å². The minimum atomic E-state index is -0.514. The number of fused-ring (bicyclic) bond motifs is 21. The van der Waals surface area contributed by atoms with Gasteiger partial charge in [0.25, 0.3) is 0 Å². The Labute approximate surface area is 431 Å². The van der Waals surface area contributed by atoms with E-state index >= 15 is 0 Å². The van der Waals surface area contributed by atoms with Crippen LogP contribution in [0.2, 0.25) is 0 Å². The molecule has 12 aromatic rings. The lowest BCUT2D eigenvalue weighted by atomic mass is 9.67. The third-order valence-electron chi connectivity index (χ3n) is 16.0. The Morgan fingerprint density at radius 2 is 0.764 bits per heavy atom. The first-order chi connectivity index (χ1) is 35.7. The number of anilines is 3. The van der Waals surface area contributed by atoms with Gasteiger partial charge >= 0.3 is 0 Å². The molecule has 72 heavy (non-hydrogen) atoms. The molecule has 0 fully saturated rings. The molecule has 0 N–H and O–H groups in total. The molecule has 0 unspecified atom stereocenters. The molecule has 11 aromatic carbocycles. The van der Waals surface area contributed by atoms with Crippen LogP contribution in [0, 0.1) is 0 Å². The van der Waals surface area contributed by atoms with Gasteiger partial charge in [0, 0.05) is 56.7 Å². The van der Waals surface area contributed by atoms with Crippen molar-refractivity contribution in [2.24, 2.45) is 0 Å². The van der Waals surface area contributed by atoms with Crippen LogP contribution >= 0.6 is 34.9 Å². The summed E-state index contributed by atoms with van der Waals surface area (Å²) in [6.45, 7) is 0. The fraction of sp³-hybridized carbons (Fsp3) is 0.0294. The van der Waals surface area contributed by atoms with Crippen molar-refractivity contribution in [3.05, 3.63) is 293 Å². The van der Waals surface area contributed by atoms with Crippen LogP contribution in [-0.2, 0) is 10.8 Å². The quantitative estimate of drug-likeness (QED) is 0.173. The van der Waals surface area contributed by atoms with Crippen LogP contribution in [0.4, 0.5) is 17.1 Å². The van der Waals surface area contributed by atoms with E-state index in [2.05, 4.69) is 254 Å².